The summed E-state index contributed by atoms with van der Waals surface area (Å²) in [5, 5.41) is 15.1. The van der Waals surface area contributed by atoms with Gasteiger partial charge in [0, 0.05) is 13.1 Å². The molecule has 2 aliphatic rings. The highest BCUT2D eigenvalue weighted by molar-refractivity contribution is 8.11. The van der Waals surface area contributed by atoms with Gasteiger partial charge in [0.1, 0.15) is 36.0 Å². The zero-order chi connectivity index (χ0) is 42.6. The van der Waals surface area contributed by atoms with Crippen molar-refractivity contribution < 1.29 is 76.9 Å². The summed E-state index contributed by atoms with van der Waals surface area (Å²) in [7, 11) is -13.6. The van der Waals surface area contributed by atoms with Gasteiger partial charge in [-0.3, -0.25) is 19.2 Å². The van der Waals surface area contributed by atoms with E-state index in [0.717, 1.165) is 36.6 Å². The molecule has 312 valence electrons. The predicted molar refractivity (Wildman–Crippen MR) is 186 cm³/mol. The van der Waals surface area contributed by atoms with Gasteiger partial charge in [0.15, 0.2) is 0 Å². The second-order valence-corrected chi connectivity index (χ2v) is 16.0. The first-order valence-corrected chi connectivity index (χ1v) is 19.3. The normalized spacial score (nSPS) is 14.0. The number of para-hydroxylation sites is 1. The molecule has 1 aromatic carbocycles. The third-order valence-electron chi connectivity index (χ3n) is 7.68. The van der Waals surface area contributed by atoms with Crippen molar-refractivity contribution in [2.24, 2.45) is 11.8 Å². The summed E-state index contributed by atoms with van der Waals surface area (Å²) in [6.45, 7) is 3.82. The van der Waals surface area contributed by atoms with E-state index in [2.05, 4.69) is 30.1 Å². The van der Waals surface area contributed by atoms with Crippen LogP contribution in [0.1, 0.15) is 63.6 Å². The van der Waals surface area contributed by atoms with Gasteiger partial charge in [-0.15, -0.1) is 3.71 Å². The summed E-state index contributed by atoms with van der Waals surface area (Å²) in [6.07, 6.45) is 4.70. The predicted octanol–water partition coefficient (Wildman–Crippen LogP) is 4.00. The molecule has 0 atom stereocenters. The number of benzene rings is 1. The Kier molecular flexibility index (Phi) is 15.7. The van der Waals surface area contributed by atoms with Gasteiger partial charge < -0.3 is 25.2 Å². The number of ether oxygens (including phenoxy) is 2. The van der Waals surface area contributed by atoms with Gasteiger partial charge in [-0.25, -0.2) is 9.97 Å². The van der Waals surface area contributed by atoms with E-state index in [-0.39, 0.29) is 48.6 Å². The van der Waals surface area contributed by atoms with Crippen LogP contribution in [0.15, 0.2) is 54.6 Å². The van der Waals surface area contributed by atoms with Crippen LogP contribution >= 0.6 is 0 Å². The molecule has 0 bridgehead atoms. The first kappa shape index (κ1) is 45.9. The molecule has 2 amide bonds. The van der Waals surface area contributed by atoms with Gasteiger partial charge in [-0.2, -0.15) is 43.2 Å². The lowest BCUT2D eigenvalue weighted by atomic mass is 10.2. The Bertz CT molecular complexity index is 1970. The minimum Gasteiger partial charge on any atom is -0.506 e. The van der Waals surface area contributed by atoms with Crippen molar-refractivity contribution in [1.29, 1.82) is 0 Å². The molecule has 3 N–H and O–H groups in total. The fraction of sp³-hybridized carbons (Fsp3) is 0.394. The smallest absolute Gasteiger partial charge is 0.506 e. The summed E-state index contributed by atoms with van der Waals surface area (Å²) in [6, 6.07) is 10.1. The van der Waals surface area contributed by atoms with Crippen molar-refractivity contribution in [3.05, 3.63) is 82.9 Å². The molecule has 0 saturated heterocycles. The second kappa shape index (κ2) is 19.6. The zero-order valence-electron chi connectivity index (χ0n) is 29.6. The van der Waals surface area contributed by atoms with E-state index >= 15 is 0 Å². The highest BCUT2D eigenvalue weighted by atomic mass is 32.3. The maximum absolute atomic E-state index is 12.4. The highest BCUT2D eigenvalue weighted by Gasteiger charge is 2.61. The quantitative estimate of drug-likeness (QED) is 0.145. The summed E-state index contributed by atoms with van der Waals surface area (Å²) >= 11 is 0. The number of rotatable bonds is 15. The number of aryl methyl sites for hydroxylation is 1. The Labute approximate surface area is 321 Å². The van der Waals surface area contributed by atoms with E-state index in [0.29, 0.717) is 54.9 Å². The summed E-state index contributed by atoms with van der Waals surface area (Å²) in [5.74, 6) is 0.667. The SMILES string of the molecule is Cc1ccc(C(=O)NCC2CC2)nc1COC=O.O=COCc1nc(C(=O)NCC2CC2)ccc1O.O=S(=O)(N(c1ccccc1)S(=O)(=O)C(F)(F)F)C(F)(F)F. The average Bonchev–Trinajstić information content (AvgIpc) is 4.08. The van der Waals surface area contributed by atoms with Crippen molar-refractivity contribution in [3.63, 3.8) is 0 Å². The van der Waals surface area contributed by atoms with E-state index < -0.39 is 40.5 Å². The van der Waals surface area contributed by atoms with Crippen molar-refractivity contribution in [1.82, 2.24) is 20.6 Å². The molecule has 2 heterocycles. The number of hydrogen-bond donors (Lipinski definition) is 3. The molecule has 57 heavy (non-hydrogen) atoms. The van der Waals surface area contributed by atoms with Crippen LogP contribution in [0.3, 0.4) is 0 Å². The highest BCUT2D eigenvalue weighted by Crippen LogP contribution is 2.38. The van der Waals surface area contributed by atoms with Crippen LogP contribution in [0, 0.1) is 18.8 Å². The molecule has 0 unspecified atom stereocenters. The number of amides is 2. The molecule has 2 aliphatic carbocycles. The van der Waals surface area contributed by atoms with Crippen LogP contribution in [-0.4, -0.2) is 80.8 Å². The Morgan fingerprint density at radius 1 is 0.737 bits per heavy atom. The van der Waals surface area contributed by atoms with Crippen LogP contribution < -0.4 is 14.3 Å². The van der Waals surface area contributed by atoms with Gasteiger partial charge in [0.05, 0.1) is 11.4 Å². The Morgan fingerprint density at radius 2 is 1.16 bits per heavy atom. The zero-order valence-corrected chi connectivity index (χ0v) is 31.3. The van der Waals surface area contributed by atoms with Crippen molar-refractivity contribution in [2.75, 3.05) is 16.8 Å². The van der Waals surface area contributed by atoms with Crippen LogP contribution in [0.5, 0.6) is 5.75 Å². The van der Waals surface area contributed by atoms with Crippen molar-refractivity contribution in [2.45, 2.75) is 56.8 Å². The number of nitrogens with one attached hydrogen (secondary N) is 2. The van der Waals surface area contributed by atoms with E-state index in [9.17, 15) is 67.5 Å². The maximum Gasteiger partial charge on any atom is 0.517 e. The fourth-order valence-corrected chi connectivity index (χ4v) is 6.95. The number of carbonyl (C=O) groups is 4. The lowest BCUT2D eigenvalue weighted by molar-refractivity contribution is -0.130. The number of anilines is 1. The van der Waals surface area contributed by atoms with Gasteiger partial charge in [0.2, 0.25) is 0 Å². The molecular formula is C33H35F6N5O11S2. The Balaban J connectivity index is 0.000000230. The minimum atomic E-state index is -6.81. The monoisotopic (exact) mass is 855 g/mol. The first-order chi connectivity index (χ1) is 26.6. The van der Waals surface area contributed by atoms with E-state index in [4.69, 9.17) is 0 Å². The van der Waals surface area contributed by atoms with Crippen molar-refractivity contribution >= 4 is 50.5 Å². The number of alkyl halides is 6. The summed E-state index contributed by atoms with van der Waals surface area (Å²) in [5.41, 5.74) is -11.5. The third-order valence-corrected chi connectivity index (χ3v) is 11.3. The van der Waals surface area contributed by atoms with Gasteiger partial charge in [0.25, 0.3) is 24.8 Å². The van der Waals surface area contributed by atoms with Crippen LogP contribution in [0.2, 0.25) is 0 Å². The molecule has 24 heteroatoms. The molecule has 2 saturated carbocycles. The van der Waals surface area contributed by atoms with Gasteiger partial charge in [-0.05, 0) is 80.3 Å². The number of hydrogen-bond acceptors (Lipinski definition) is 13. The summed E-state index contributed by atoms with van der Waals surface area (Å²) in [4.78, 5) is 52.0. The molecule has 0 radical (unpaired) electrons. The molecule has 0 aliphatic heterocycles. The number of halogens is 6. The summed E-state index contributed by atoms with van der Waals surface area (Å²) < 4.78 is 127. The lowest BCUT2D eigenvalue weighted by Crippen LogP contribution is -2.49. The lowest BCUT2D eigenvalue weighted by Gasteiger charge is -2.25. The molecule has 5 rings (SSSR count). The van der Waals surface area contributed by atoms with Crippen LogP contribution in [-0.2, 0) is 52.3 Å². The first-order valence-electron chi connectivity index (χ1n) is 16.4. The topological polar surface area (TPSA) is 228 Å². The van der Waals surface area contributed by atoms with Crippen LogP contribution in [0.25, 0.3) is 0 Å². The van der Waals surface area contributed by atoms with Gasteiger partial charge >= 0.3 is 31.1 Å². The van der Waals surface area contributed by atoms with E-state index in [1.807, 2.05) is 13.0 Å². The van der Waals surface area contributed by atoms with Crippen LogP contribution in [0.4, 0.5) is 32.0 Å². The number of carbonyl (C=O) groups excluding carboxylic acids is 4. The van der Waals surface area contributed by atoms with E-state index in [1.165, 1.54) is 25.0 Å². The second-order valence-electron chi connectivity index (χ2n) is 12.2. The number of aromatic nitrogens is 2. The largest absolute Gasteiger partial charge is 0.517 e. The number of pyridine rings is 2. The third kappa shape index (κ3) is 13.3. The minimum absolute atomic E-state index is 0.0963. The van der Waals surface area contributed by atoms with Gasteiger partial charge in [-0.1, -0.05) is 24.3 Å². The Hall–Kier alpha value is -5.52. The standard InChI is InChI=1S/C13H16N2O3.C12H14N2O4.C8H5F6NO4S2/c1-9-2-5-11(15-12(9)7-18-8-16)13(17)14-6-10-3-4-10;15-7-18-6-10-11(16)4-3-9(14-10)12(17)13-5-8-1-2-8;9-7(10,11)20(16,17)15(6-4-2-1-3-5-6)21(18,19)8(12,13)14/h2,5,8,10H,3-4,6-7H2,1H3,(H,14,17);3-4,7-8,16H,1-2,5-6H2,(H,13,17);1-5H. The molecule has 3 aromatic rings. The number of nitrogens with zero attached hydrogens (tertiary/aromatic N) is 3. The molecule has 2 fully saturated rings. The molecule has 16 nitrogen and oxygen atoms in total. The maximum atomic E-state index is 12.4. The molecular weight excluding hydrogens is 821 g/mol. The Morgan fingerprint density at radius 3 is 1.58 bits per heavy atom. The number of sulfonamides is 2. The average molecular weight is 856 g/mol. The fourth-order valence-electron chi connectivity index (χ4n) is 4.24. The van der Waals surface area contributed by atoms with E-state index in [1.54, 1.807) is 6.07 Å². The molecule has 0 spiro atoms. The number of aromatic hydroxyl groups is 1. The molecule has 2 aromatic heterocycles. The van der Waals surface area contributed by atoms with Crippen molar-refractivity contribution in [3.8, 4) is 5.75 Å².